The first-order valence-corrected chi connectivity index (χ1v) is 13.8. The van der Waals surface area contributed by atoms with Gasteiger partial charge in [-0.15, -0.1) is 0 Å². The van der Waals surface area contributed by atoms with Crippen LogP contribution < -0.4 is 5.43 Å². The molecule has 0 unspecified atom stereocenters. The fourth-order valence-corrected chi connectivity index (χ4v) is 5.85. The molecule has 4 nitrogen and oxygen atoms in total. The number of nitrogens with zero attached hydrogens (tertiary/aromatic N) is 2. The molecule has 2 aromatic heterocycles. The van der Waals surface area contributed by atoms with Crippen molar-refractivity contribution in [1.82, 2.24) is 14.8 Å². The van der Waals surface area contributed by atoms with Crippen molar-refractivity contribution < 1.29 is 4.39 Å². The smallest absolute Gasteiger partial charge is 0.189 e. The molecule has 0 spiro atoms. The van der Waals surface area contributed by atoms with E-state index in [9.17, 15) is 9.18 Å². The third kappa shape index (κ3) is 4.23. The molecule has 0 aliphatic heterocycles. The number of pyridine rings is 1. The van der Waals surface area contributed by atoms with Crippen LogP contribution in [-0.4, -0.2) is 14.8 Å². The summed E-state index contributed by atoms with van der Waals surface area (Å²) in [4.78, 5) is 15.9. The van der Waals surface area contributed by atoms with Gasteiger partial charge in [-0.2, -0.15) is 5.10 Å². The summed E-state index contributed by atoms with van der Waals surface area (Å²) in [5.41, 5.74) is 6.12. The van der Waals surface area contributed by atoms with Gasteiger partial charge in [0.2, 0.25) is 0 Å². The maximum atomic E-state index is 14.0. The molecule has 42 heavy (non-hydrogen) atoms. The van der Waals surface area contributed by atoms with Crippen molar-refractivity contribution >= 4 is 10.9 Å². The second-order valence-electron chi connectivity index (χ2n) is 10.3. The Balaban J connectivity index is 1.58. The van der Waals surface area contributed by atoms with Gasteiger partial charge < -0.3 is 4.98 Å². The van der Waals surface area contributed by atoms with Crippen LogP contribution in [0.5, 0.6) is 0 Å². The molecule has 1 N–H and O–H groups in total. The summed E-state index contributed by atoms with van der Waals surface area (Å²) < 4.78 is 16.1. The summed E-state index contributed by atoms with van der Waals surface area (Å²) in [6.45, 7) is 0. The number of nitrogens with one attached hydrogen (secondary N) is 1. The van der Waals surface area contributed by atoms with Crippen molar-refractivity contribution in [2.24, 2.45) is 0 Å². The average molecular weight is 548 g/mol. The molecule has 0 saturated carbocycles. The Morgan fingerprint density at radius 3 is 1.76 bits per heavy atom. The van der Waals surface area contributed by atoms with E-state index in [1.165, 1.54) is 18.2 Å². The predicted molar refractivity (Wildman–Crippen MR) is 166 cm³/mol. The Labute approximate surface area is 242 Å². The number of benzene rings is 5. The van der Waals surface area contributed by atoms with E-state index in [1.807, 2.05) is 83.7 Å². The third-order valence-electron chi connectivity index (χ3n) is 7.82. The first kappa shape index (κ1) is 25.4. The second kappa shape index (κ2) is 10.5. The molecule has 7 aromatic rings. The van der Waals surface area contributed by atoms with E-state index in [0.29, 0.717) is 11.1 Å². The highest BCUT2D eigenvalue weighted by atomic mass is 19.1. The Morgan fingerprint density at radius 2 is 1.19 bits per heavy atom. The van der Waals surface area contributed by atoms with Crippen molar-refractivity contribution in [2.45, 2.75) is 5.54 Å². The van der Waals surface area contributed by atoms with Crippen LogP contribution in [0.2, 0.25) is 0 Å². The Morgan fingerprint density at radius 1 is 0.643 bits per heavy atom. The standard InChI is InChI=1S/C37H26FN3O/c38-31-19-16-26(17-20-31)36-33(27-18-21-34-32(24-27)35(42)22-23-39-34)25-41(40-36)37(28-10-4-1-5-11-28,29-12-6-2-7-13-29)30-14-8-3-9-15-30/h1-25H,(H,39,42). The maximum Gasteiger partial charge on any atom is 0.189 e. The summed E-state index contributed by atoms with van der Waals surface area (Å²) in [5, 5.41) is 5.89. The number of hydrogen-bond acceptors (Lipinski definition) is 2. The summed E-state index contributed by atoms with van der Waals surface area (Å²) in [6.07, 6.45) is 3.70. The Kier molecular flexibility index (Phi) is 6.32. The molecule has 0 radical (unpaired) electrons. The molecule has 0 fully saturated rings. The molecule has 0 saturated heterocycles. The number of aromatic amines is 1. The van der Waals surface area contributed by atoms with Crippen LogP contribution in [0.4, 0.5) is 4.39 Å². The lowest BCUT2D eigenvalue weighted by atomic mass is 9.77. The minimum atomic E-state index is -0.828. The molecule has 5 aromatic carbocycles. The highest BCUT2D eigenvalue weighted by Gasteiger charge is 2.40. The number of H-pyrrole nitrogens is 1. The fraction of sp³-hybridized carbons (Fsp3) is 0.0270. The van der Waals surface area contributed by atoms with E-state index in [0.717, 1.165) is 38.9 Å². The van der Waals surface area contributed by atoms with E-state index < -0.39 is 5.54 Å². The normalized spacial score (nSPS) is 11.5. The fourth-order valence-electron chi connectivity index (χ4n) is 5.85. The summed E-state index contributed by atoms with van der Waals surface area (Å²) in [6, 6.07) is 44.7. The molecular weight excluding hydrogens is 521 g/mol. The minimum absolute atomic E-state index is 0.0615. The summed E-state index contributed by atoms with van der Waals surface area (Å²) >= 11 is 0. The Hall–Kier alpha value is -5.55. The second-order valence-corrected chi connectivity index (χ2v) is 10.3. The van der Waals surface area contributed by atoms with E-state index in [4.69, 9.17) is 5.10 Å². The number of halogens is 1. The number of fused-ring (bicyclic) bond motifs is 1. The van der Waals surface area contributed by atoms with Gasteiger partial charge in [-0.1, -0.05) is 97.1 Å². The first-order valence-electron chi connectivity index (χ1n) is 13.8. The van der Waals surface area contributed by atoms with Gasteiger partial charge in [0.1, 0.15) is 17.1 Å². The van der Waals surface area contributed by atoms with E-state index in [1.54, 1.807) is 18.3 Å². The number of hydrogen-bond donors (Lipinski definition) is 1. The van der Waals surface area contributed by atoms with Crippen LogP contribution in [0.1, 0.15) is 16.7 Å². The zero-order valence-corrected chi connectivity index (χ0v) is 22.6. The summed E-state index contributed by atoms with van der Waals surface area (Å²) in [7, 11) is 0. The van der Waals surface area contributed by atoms with Gasteiger partial charge in [0.05, 0.1) is 0 Å². The van der Waals surface area contributed by atoms with E-state index in [-0.39, 0.29) is 11.2 Å². The van der Waals surface area contributed by atoms with Gasteiger partial charge in [0, 0.05) is 40.5 Å². The molecule has 2 heterocycles. The molecule has 0 bridgehead atoms. The molecule has 0 aliphatic rings. The van der Waals surface area contributed by atoms with Gasteiger partial charge in [-0.25, -0.2) is 4.39 Å². The van der Waals surface area contributed by atoms with Crippen molar-refractivity contribution in [1.29, 1.82) is 0 Å². The lowest BCUT2D eigenvalue weighted by Crippen LogP contribution is -2.38. The van der Waals surface area contributed by atoms with Gasteiger partial charge in [-0.05, 0) is 58.7 Å². The molecule has 0 amide bonds. The number of rotatable bonds is 6. The molecule has 7 rings (SSSR count). The third-order valence-corrected chi connectivity index (χ3v) is 7.82. The molecule has 5 heteroatoms. The largest absolute Gasteiger partial charge is 0.361 e. The van der Waals surface area contributed by atoms with Crippen LogP contribution in [0.25, 0.3) is 33.3 Å². The maximum absolute atomic E-state index is 14.0. The van der Waals surface area contributed by atoms with Crippen molar-refractivity contribution in [2.75, 3.05) is 0 Å². The van der Waals surface area contributed by atoms with E-state index >= 15 is 0 Å². The van der Waals surface area contributed by atoms with Crippen LogP contribution in [0.3, 0.4) is 0 Å². The van der Waals surface area contributed by atoms with Gasteiger partial charge in [-0.3, -0.25) is 9.48 Å². The van der Waals surface area contributed by atoms with Crippen LogP contribution in [0, 0.1) is 5.82 Å². The summed E-state index contributed by atoms with van der Waals surface area (Å²) in [5.74, 6) is -0.316. The lowest BCUT2D eigenvalue weighted by molar-refractivity contribution is 0.461. The topological polar surface area (TPSA) is 50.7 Å². The van der Waals surface area contributed by atoms with Gasteiger partial charge in [0.15, 0.2) is 5.43 Å². The average Bonchev–Trinajstić information content (AvgIpc) is 3.49. The zero-order chi connectivity index (χ0) is 28.5. The van der Waals surface area contributed by atoms with Gasteiger partial charge in [0.25, 0.3) is 0 Å². The Bertz CT molecular complexity index is 1950. The molecule has 0 aliphatic carbocycles. The highest BCUT2D eigenvalue weighted by Crippen LogP contribution is 2.43. The van der Waals surface area contributed by atoms with Crippen LogP contribution >= 0.6 is 0 Å². The van der Waals surface area contributed by atoms with E-state index in [2.05, 4.69) is 41.4 Å². The number of aromatic nitrogens is 3. The minimum Gasteiger partial charge on any atom is -0.361 e. The van der Waals surface area contributed by atoms with Crippen LogP contribution in [-0.2, 0) is 5.54 Å². The highest BCUT2D eigenvalue weighted by molar-refractivity contribution is 5.88. The quantitative estimate of drug-likeness (QED) is 0.214. The SMILES string of the molecule is O=c1cc[nH]c2ccc(-c3cn(C(c4ccccc4)(c4ccccc4)c4ccccc4)nc3-c3ccc(F)cc3)cc12. The predicted octanol–water partition coefficient (Wildman–Crippen LogP) is 8.04. The molecular formula is C37H26FN3O. The van der Waals surface area contributed by atoms with Crippen molar-refractivity contribution in [3.8, 4) is 22.4 Å². The first-order chi connectivity index (χ1) is 20.6. The zero-order valence-electron chi connectivity index (χ0n) is 22.6. The molecule has 202 valence electrons. The van der Waals surface area contributed by atoms with Crippen LogP contribution in [0.15, 0.2) is 157 Å². The van der Waals surface area contributed by atoms with Crippen molar-refractivity contribution in [3.63, 3.8) is 0 Å². The monoisotopic (exact) mass is 547 g/mol. The molecule has 0 atom stereocenters. The van der Waals surface area contributed by atoms with Gasteiger partial charge >= 0.3 is 0 Å². The lowest BCUT2D eigenvalue weighted by Gasteiger charge is -2.36. The van der Waals surface area contributed by atoms with Crippen molar-refractivity contribution in [3.05, 3.63) is 185 Å².